The Morgan fingerprint density at radius 2 is 2.00 bits per heavy atom. The van der Waals surface area contributed by atoms with Gasteiger partial charge in [-0.1, -0.05) is 32.3 Å². The first kappa shape index (κ1) is 13.7. The minimum absolute atomic E-state index is 0.0267. The molecule has 1 aliphatic rings. The summed E-state index contributed by atoms with van der Waals surface area (Å²) in [5, 5.41) is 22.3. The number of phenolic OH excluding ortho intramolecular Hbond substituents is 2. The van der Waals surface area contributed by atoms with E-state index in [1.807, 2.05) is 0 Å². The molecule has 1 fully saturated rings. The van der Waals surface area contributed by atoms with Crippen LogP contribution in [0.25, 0.3) is 0 Å². The Balaban J connectivity index is 2.05. The molecule has 2 rings (SSSR count). The van der Waals surface area contributed by atoms with Crippen molar-refractivity contribution < 1.29 is 15.0 Å². The predicted molar refractivity (Wildman–Crippen MR) is 73.3 cm³/mol. The van der Waals surface area contributed by atoms with E-state index in [1.165, 1.54) is 24.6 Å². The zero-order valence-corrected chi connectivity index (χ0v) is 11.2. The number of amides is 1. The highest BCUT2D eigenvalue weighted by Crippen LogP contribution is 2.29. The Kier molecular flexibility index (Phi) is 4.30. The Labute approximate surface area is 113 Å². The number of rotatable bonds is 3. The zero-order valence-electron chi connectivity index (χ0n) is 11.2. The van der Waals surface area contributed by atoms with Crippen LogP contribution in [0.1, 0.15) is 49.4 Å². The van der Waals surface area contributed by atoms with E-state index >= 15 is 0 Å². The van der Waals surface area contributed by atoms with Crippen molar-refractivity contribution >= 4 is 5.91 Å². The van der Waals surface area contributed by atoms with Gasteiger partial charge in [0, 0.05) is 6.04 Å². The number of hydrogen-bond acceptors (Lipinski definition) is 3. The van der Waals surface area contributed by atoms with E-state index < -0.39 is 5.91 Å². The topological polar surface area (TPSA) is 69.6 Å². The Morgan fingerprint density at radius 3 is 2.63 bits per heavy atom. The molecule has 4 heteroatoms. The van der Waals surface area contributed by atoms with Crippen LogP contribution in [0.15, 0.2) is 18.2 Å². The van der Waals surface area contributed by atoms with Crippen LogP contribution >= 0.6 is 0 Å². The summed E-state index contributed by atoms with van der Waals surface area (Å²) >= 11 is 0. The smallest absolute Gasteiger partial charge is 0.259 e. The number of aromatic hydroxyl groups is 2. The molecule has 0 aromatic heterocycles. The van der Waals surface area contributed by atoms with Crippen LogP contribution in [0.3, 0.4) is 0 Å². The lowest BCUT2D eigenvalue weighted by atomic mass is 9.84. The van der Waals surface area contributed by atoms with Gasteiger partial charge in [-0.3, -0.25) is 4.79 Å². The van der Waals surface area contributed by atoms with E-state index in [2.05, 4.69) is 12.2 Å². The molecule has 0 saturated heterocycles. The first-order chi connectivity index (χ1) is 9.11. The number of carbonyl (C=O) groups is 1. The Bertz CT molecular complexity index is 438. The average molecular weight is 263 g/mol. The molecule has 2 unspecified atom stereocenters. The van der Waals surface area contributed by atoms with E-state index in [1.54, 1.807) is 0 Å². The summed E-state index contributed by atoms with van der Waals surface area (Å²) in [5.74, 6) is -0.0879. The van der Waals surface area contributed by atoms with Gasteiger partial charge >= 0.3 is 0 Å². The van der Waals surface area contributed by atoms with Crippen molar-refractivity contribution in [3.63, 3.8) is 0 Å². The lowest BCUT2D eigenvalue weighted by Crippen LogP contribution is -2.38. The summed E-state index contributed by atoms with van der Waals surface area (Å²) in [5.41, 5.74) is -0.0267. The van der Waals surface area contributed by atoms with Gasteiger partial charge in [-0.15, -0.1) is 0 Å². The largest absolute Gasteiger partial charge is 0.507 e. The highest BCUT2D eigenvalue weighted by molar-refractivity contribution is 5.99. The van der Waals surface area contributed by atoms with Gasteiger partial charge in [0.15, 0.2) is 0 Å². The van der Waals surface area contributed by atoms with Crippen molar-refractivity contribution in [1.29, 1.82) is 0 Å². The number of carbonyl (C=O) groups excluding carboxylic acids is 1. The fraction of sp³-hybridized carbons (Fsp3) is 0.533. The highest BCUT2D eigenvalue weighted by Gasteiger charge is 2.24. The molecule has 0 aliphatic heterocycles. The monoisotopic (exact) mass is 263 g/mol. The van der Waals surface area contributed by atoms with E-state index in [0.717, 1.165) is 25.7 Å². The van der Waals surface area contributed by atoms with Crippen molar-refractivity contribution in [2.45, 2.75) is 45.1 Å². The fourth-order valence-corrected chi connectivity index (χ4v) is 2.81. The van der Waals surface area contributed by atoms with E-state index in [-0.39, 0.29) is 23.1 Å². The number of nitrogens with one attached hydrogen (secondary N) is 1. The van der Waals surface area contributed by atoms with Gasteiger partial charge in [0.25, 0.3) is 5.91 Å². The maximum absolute atomic E-state index is 12.1. The molecule has 1 aromatic carbocycles. The third-order valence-corrected chi connectivity index (χ3v) is 3.94. The van der Waals surface area contributed by atoms with E-state index in [4.69, 9.17) is 0 Å². The highest BCUT2D eigenvalue weighted by atomic mass is 16.3. The minimum Gasteiger partial charge on any atom is -0.507 e. The maximum Gasteiger partial charge on any atom is 0.259 e. The van der Waals surface area contributed by atoms with Crippen LogP contribution in [0.4, 0.5) is 0 Å². The summed E-state index contributed by atoms with van der Waals surface area (Å²) in [7, 11) is 0. The van der Waals surface area contributed by atoms with Crippen LogP contribution in [-0.2, 0) is 0 Å². The molecule has 2 atom stereocenters. The molecule has 3 N–H and O–H groups in total. The van der Waals surface area contributed by atoms with Crippen molar-refractivity contribution in [3.05, 3.63) is 23.8 Å². The molecular weight excluding hydrogens is 242 g/mol. The Morgan fingerprint density at radius 1 is 1.32 bits per heavy atom. The van der Waals surface area contributed by atoms with Crippen LogP contribution in [0.2, 0.25) is 0 Å². The first-order valence-corrected chi connectivity index (χ1v) is 6.93. The minimum atomic E-state index is -0.391. The van der Waals surface area contributed by atoms with Gasteiger partial charge in [-0.25, -0.2) is 0 Å². The molecule has 1 aromatic rings. The second kappa shape index (κ2) is 5.95. The van der Waals surface area contributed by atoms with Gasteiger partial charge in [0.2, 0.25) is 0 Å². The summed E-state index contributed by atoms with van der Waals surface area (Å²) < 4.78 is 0. The van der Waals surface area contributed by atoms with Gasteiger partial charge in [-0.05, 0) is 30.9 Å². The lowest BCUT2D eigenvalue weighted by Gasteiger charge is -2.29. The number of phenols is 2. The van der Waals surface area contributed by atoms with Gasteiger partial charge in [0.1, 0.15) is 17.1 Å². The molecule has 0 radical (unpaired) electrons. The zero-order chi connectivity index (χ0) is 13.8. The van der Waals surface area contributed by atoms with E-state index in [0.29, 0.717) is 5.92 Å². The third kappa shape index (κ3) is 3.19. The number of hydrogen-bond donors (Lipinski definition) is 3. The maximum atomic E-state index is 12.1. The van der Waals surface area contributed by atoms with Crippen LogP contribution < -0.4 is 5.32 Å². The first-order valence-electron chi connectivity index (χ1n) is 6.93. The molecule has 4 nitrogen and oxygen atoms in total. The summed E-state index contributed by atoms with van der Waals surface area (Å²) in [6.07, 6.45) is 5.43. The predicted octanol–water partition coefficient (Wildman–Crippen LogP) is 2.80. The average Bonchev–Trinajstić information content (AvgIpc) is 2.38. The normalized spacial score (nSPS) is 23.0. The molecule has 1 amide bonds. The van der Waals surface area contributed by atoms with Crippen LogP contribution in [0.5, 0.6) is 11.5 Å². The molecule has 19 heavy (non-hydrogen) atoms. The molecule has 1 saturated carbocycles. The lowest BCUT2D eigenvalue weighted by molar-refractivity contribution is 0.0913. The molecule has 104 valence electrons. The van der Waals surface area contributed by atoms with Gasteiger partial charge in [-0.2, -0.15) is 0 Å². The molecule has 0 bridgehead atoms. The third-order valence-electron chi connectivity index (χ3n) is 3.94. The Hall–Kier alpha value is -1.71. The summed E-state index contributed by atoms with van der Waals surface area (Å²) in [4.78, 5) is 12.1. The summed E-state index contributed by atoms with van der Waals surface area (Å²) in [6, 6.07) is 4.47. The van der Waals surface area contributed by atoms with Gasteiger partial charge in [0.05, 0.1) is 0 Å². The van der Waals surface area contributed by atoms with Crippen molar-refractivity contribution in [2.24, 2.45) is 5.92 Å². The fourth-order valence-electron chi connectivity index (χ4n) is 2.81. The molecular formula is C15H21NO3. The molecule has 1 aliphatic carbocycles. The second-order valence-corrected chi connectivity index (χ2v) is 5.28. The van der Waals surface area contributed by atoms with E-state index in [9.17, 15) is 15.0 Å². The second-order valence-electron chi connectivity index (χ2n) is 5.28. The molecule has 0 spiro atoms. The van der Waals surface area contributed by atoms with Crippen LogP contribution in [-0.4, -0.2) is 22.2 Å². The van der Waals surface area contributed by atoms with Gasteiger partial charge < -0.3 is 15.5 Å². The summed E-state index contributed by atoms with van der Waals surface area (Å²) in [6.45, 7) is 2.17. The standard InChI is InChI=1S/C15H21NO3/c1-2-10-5-3-6-11(9-10)16-15(19)14-12(17)7-4-8-13(14)18/h4,7-8,10-11,17-18H,2-3,5-6,9H2,1H3,(H,16,19). The number of benzene rings is 1. The quantitative estimate of drug-likeness (QED) is 0.785. The van der Waals surface area contributed by atoms with Crippen molar-refractivity contribution in [1.82, 2.24) is 5.32 Å². The SMILES string of the molecule is CCC1CCCC(NC(=O)c2c(O)cccc2O)C1. The van der Waals surface area contributed by atoms with Crippen LogP contribution in [0, 0.1) is 5.92 Å². The molecule has 0 heterocycles. The van der Waals surface area contributed by atoms with Crippen molar-refractivity contribution in [3.8, 4) is 11.5 Å². The van der Waals surface area contributed by atoms with Crippen molar-refractivity contribution in [2.75, 3.05) is 0 Å².